The maximum Gasteiger partial charge on any atom is 0.328 e. The molecular formula is C18H21N3O4. The molecule has 1 fully saturated rings. The van der Waals surface area contributed by atoms with Crippen molar-refractivity contribution in [1.82, 2.24) is 9.88 Å². The molecule has 7 heteroatoms. The SMILES string of the molecule is CC(C)(C)C(C(=O)O)n1ccc2ccc(N3CCC(=O)NC3=O)cc21. The summed E-state index contributed by atoms with van der Waals surface area (Å²) in [5, 5.41) is 12.9. The predicted octanol–water partition coefficient (Wildman–Crippen LogP) is 2.76. The second kappa shape index (κ2) is 5.91. The van der Waals surface area contributed by atoms with Crippen molar-refractivity contribution in [1.29, 1.82) is 0 Å². The molecule has 0 aliphatic carbocycles. The molecule has 1 aliphatic rings. The van der Waals surface area contributed by atoms with Crippen molar-refractivity contribution >= 4 is 34.5 Å². The van der Waals surface area contributed by atoms with E-state index >= 15 is 0 Å². The highest BCUT2D eigenvalue weighted by molar-refractivity contribution is 6.06. The minimum absolute atomic E-state index is 0.241. The second-order valence-electron chi connectivity index (χ2n) is 7.33. The molecule has 0 bridgehead atoms. The maximum atomic E-state index is 12.1. The van der Waals surface area contributed by atoms with E-state index < -0.39 is 23.5 Å². The third-order valence-corrected chi connectivity index (χ3v) is 4.40. The first kappa shape index (κ1) is 17.0. The molecule has 25 heavy (non-hydrogen) atoms. The van der Waals surface area contributed by atoms with Crippen molar-refractivity contribution in [3.63, 3.8) is 0 Å². The lowest BCUT2D eigenvalue weighted by atomic mass is 9.86. The Labute approximate surface area is 145 Å². The largest absolute Gasteiger partial charge is 0.480 e. The highest BCUT2D eigenvalue weighted by Crippen LogP contribution is 2.35. The van der Waals surface area contributed by atoms with Gasteiger partial charge in [0.15, 0.2) is 0 Å². The molecule has 2 N–H and O–H groups in total. The molecule has 0 spiro atoms. The zero-order valence-electron chi connectivity index (χ0n) is 14.4. The first-order valence-corrected chi connectivity index (χ1v) is 8.13. The zero-order valence-corrected chi connectivity index (χ0v) is 14.4. The summed E-state index contributed by atoms with van der Waals surface area (Å²) in [6, 6.07) is 6.12. The number of rotatable bonds is 3. The van der Waals surface area contributed by atoms with Crippen LogP contribution in [-0.2, 0) is 9.59 Å². The number of fused-ring (bicyclic) bond motifs is 1. The molecule has 1 saturated heterocycles. The lowest BCUT2D eigenvalue weighted by Crippen LogP contribution is -2.49. The molecule has 132 valence electrons. The van der Waals surface area contributed by atoms with Gasteiger partial charge in [-0.1, -0.05) is 26.8 Å². The minimum atomic E-state index is -0.906. The number of imide groups is 1. The van der Waals surface area contributed by atoms with Crippen LogP contribution in [0.25, 0.3) is 10.9 Å². The number of nitrogens with one attached hydrogen (secondary N) is 1. The molecular weight excluding hydrogens is 322 g/mol. The van der Waals surface area contributed by atoms with Gasteiger partial charge in [0.1, 0.15) is 6.04 Å². The van der Waals surface area contributed by atoms with Crippen molar-refractivity contribution in [3.8, 4) is 0 Å². The van der Waals surface area contributed by atoms with Gasteiger partial charge in [0.05, 0.1) is 5.52 Å². The smallest absolute Gasteiger partial charge is 0.328 e. The number of hydrogen-bond donors (Lipinski definition) is 2. The van der Waals surface area contributed by atoms with Crippen LogP contribution >= 0.6 is 0 Å². The number of anilines is 1. The van der Waals surface area contributed by atoms with Crippen LogP contribution in [0.4, 0.5) is 10.5 Å². The monoisotopic (exact) mass is 343 g/mol. The van der Waals surface area contributed by atoms with Crippen LogP contribution in [0.5, 0.6) is 0 Å². The molecule has 2 heterocycles. The van der Waals surface area contributed by atoms with Gasteiger partial charge in [-0.15, -0.1) is 0 Å². The Balaban J connectivity index is 2.07. The van der Waals surface area contributed by atoms with E-state index in [9.17, 15) is 19.5 Å². The first-order valence-electron chi connectivity index (χ1n) is 8.13. The van der Waals surface area contributed by atoms with E-state index in [0.717, 1.165) is 10.9 Å². The van der Waals surface area contributed by atoms with Gasteiger partial charge in [-0.05, 0) is 29.0 Å². The average molecular weight is 343 g/mol. The molecule has 1 atom stereocenters. The molecule has 3 rings (SSSR count). The van der Waals surface area contributed by atoms with Gasteiger partial charge in [0, 0.05) is 24.8 Å². The third kappa shape index (κ3) is 3.09. The van der Waals surface area contributed by atoms with Crippen LogP contribution in [0.1, 0.15) is 33.2 Å². The van der Waals surface area contributed by atoms with Crippen LogP contribution in [-0.4, -0.2) is 34.1 Å². The number of aliphatic carboxylic acids is 1. The number of nitrogens with zero attached hydrogens (tertiary/aromatic N) is 2. The quantitative estimate of drug-likeness (QED) is 0.896. The predicted molar refractivity (Wildman–Crippen MR) is 93.6 cm³/mol. The van der Waals surface area contributed by atoms with Gasteiger partial charge in [-0.3, -0.25) is 15.0 Å². The standard InChI is InChI=1S/C18H21N3O4/c1-18(2,3)15(16(23)24)21-8-6-11-4-5-12(10-13(11)21)20-9-7-14(22)19-17(20)25/h4-6,8,10,15H,7,9H2,1-3H3,(H,23,24)(H,19,22,25). The summed E-state index contributed by atoms with van der Waals surface area (Å²) in [6.07, 6.45) is 2.00. The maximum absolute atomic E-state index is 12.1. The Morgan fingerprint density at radius 2 is 1.96 bits per heavy atom. The van der Waals surface area contributed by atoms with Crippen molar-refractivity contribution in [3.05, 3.63) is 30.5 Å². The van der Waals surface area contributed by atoms with Crippen molar-refractivity contribution in [2.75, 3.05) is 11.4 Å². The van der Waals surface area contributed by atoms with E-state index in [-0.39, 0.29) is 12.3 Å². The van der Waals surface area contributed by atoms with Crippen molar-refractivity contribution in [2.45, 2.75) is 33.2 Å². The fourth-order valence-electron chi connectivity index (χ4n) is 3.25. The van der Waals surface area contributed by atoms with E-state index in [1.54, 1.807) is 22.9 Å². The summed E-state index contributed by atoms with van der Waals surface area (Å²) in [7, 11) is 0. The van der Waals surface area contributed by atoms with Crippen molar-refractivity contribution in [2.24, 2.45) is 5.41 Å². The van der Waals surface area contributed by atoms with Crippen LogP contribution in [0.3, 0.4) is 0 Å². The van der Waals surface area contributed by atoms with Crippen LogP contribution in [0.2, 0.25) is 0 Å². The topological polar surface area (TPSA) is 91.6 Å². The number of urea groups is 1. The van der Waals surface area contributed by atoms with Gasteiger partial charge in [0.25, 0.3) is 0 Å². The molecule has 2 aromatic rings. The number of hydrogen-bond acceptors (Lipinski definition) is 3. The number of carbonyl (C=O) groups is 3. The molecule has 1 aromatic heterocycles. The van der Waals surface area contributed by atoms with E-state index in [0.29, 0.717) is 12.2 Å². The van der Waals surface area contributed by atoms with E-state index in [1.165, 1.54) is 4.90 Å². The number of benzene rings is 1. The zero-order chi connectivity index (χ0) is 18.4. The Morgan fingerprint density at radius 1 is 1.24 bits per heavy atom. The molecule has 1 aromatic carbocycles. The van der Waals surface area contributed by atoms with Crippen LogP contribution in [0.15, 0.2) is 30.5 Å². The highest BCUT2D eigenvalue weighted by Gasteiger charge is 2.33. The van der Waals surface area contributed by atoms with Gasteiger partial charge >= 0.3 is 12.0 Å². The Bertz CT molecular complexity index is 863. The molecule has 1 unspecified atom stereocenters. The van der Waals surface area contributed by atoms with Gasteiger partial charge in [-0.2, -0.15) is 0 Å². The van der Waals surface area contributed by atoms with Gasteiger partial charge in [0.2, 0.25) is 5.91 Å². The average Bonchev–Trinajstić information content (AvgIpc) is 2.88. The second-order valence-corrected chi connectivity index (χ2v) is 7.33. The Morgan fingerprint density at radius 3 is 2.56 bits per heavy atom. The molecule has 3 amide bonds. The van der Waals surface area contributed by atoms with Crippen molar-refractivity contribution < 1.29 is 19.5 Å². The fraction of sp³-hybridized carbons (Fsp3) is 0.389. The summed E-state index contributed by atoms with van der Waals surface area (Å²) >= 11 is 0. The summed E-state index contributed by atoms with van der Waals surface area (Å²) in [5.74, 6) is -1.19. The molecule has 0 saturated carbocycles. The third-order valence-electron chi connectivity index (χ3n) is 4.40. The lowest BCUT2D eigenvalue weighted by molar-refractivity contribution is -0.144. The first-order chi connectivity index (χ1) is 11.7. The highest BCUT2D eigenvalue weighted by atomic mass is 16.4. The lowest BCUT2D eigenvalue weighted by Gasteiger charge is -2.30. The fourth-order valence-corrected chi connectivity index (χ4v) is 3.25. The summed E-state index contributed by atoms with van der Waals surface area (Å²) < 4.78 is 1.73. The number of carbonyl (C=O) groups excluding carboxylic acids is 2. The number of amides is 3. The number of aromatic nitrogens is 1. The summed E-state index contributed by atoms with van der Waals surface area (Å²) in [5.41, 5.74) is 0.892. The number of carboxylic acids is 1. The van der Waals surface area contributed by atoms with E-state index in [1.807, 2.05) is 32.9 Å². The van der Waals surface area contributed by atoms with Crippen LogP contribution < -0.4 is 10.2 Å². The van der Waals surface area contributed by atoms with Gasteiger partial charge in [-0.25, -0.2) is 9.59 Å². The van der Waals surface area contributed by atoms with Crippen LogP contribution in [0, 0.1) is 5.41 Å². The number of carboxylic acid groups (broad SMARTS) is 1. The van der Waals surface area contributed by atoms with E-state index in [2.05, 4.69) is 5.32 Å². The Hall–Kier alpha value is -2.83. The minimum Gasteiger partial charge on any atom is -0.480 e. The molecule has 1 aliphatic heterocycles. The van der Waals surface area contributed by atoms with E-state index in [4.69, 9.17) is 0 Å². The summed E-state index contributed by atoms with van der Waals surface area (Å²) in [6.45, 7) is 5.94. The molecule has 7 nitrogen and oxygen atoms in total. The molecule has 0 radical (unpaired) electrons. The van der Waals surface area contributed by atoms with Gasteiger partial charge < -0.3 is 9.67 Å². The normalized spacial score (nSPS) is 16.8. The summed E-state index contributed by atoms with van der Waals surface area (Å²) in [4.78, 5) is 36.7. The Kier molecular flexibility index (Phi) is 4.02.